The maximum Gasteiger partial charge on any atom is 0.307 e. The van der Waals surface area contributed by atoms with Gasteiger partial charge >= 0.3 is 6.01 Å². The quantitative estimate of drug-likeness (QED) is 0.235. The van der Waals surface area contributed by atoms with Crippen molar-refractivity contribution in [3.8, 4) is 0 Å². The Kier molecular flexibility index (Phi) is 11.7. The molecule has 0 unspecified atom stereocenters. The summed E-state index contributed by atoms with van der Waals surface area (Å²) in [7, 11) is -3.91. The second kappa shape index (κ2) is 12.7. The molecule has 4 nitrogen and oxygen atoms in total. The number of hydrogen-bond acceptors (Lipinski definition) is 4. The summed E-state index contributed by atoms with van der Waals surface area (Å²) in [4.78, 5) is 4.81. The van der Waals surface area contributed by atoms with Gasteiger partial charge in [-0.2, -0.15) is 4.98 Å². The largest absolute Gasteiger partial charge is 0.377 e. The topological polar surface area (TPSA) is 42.2 Å². The zero-order valence-electron chi connectivity index (χ0n) is 23.5. The maximum atomic E-state index is 6.03. The van der Waals surface area contributed by atoms with E-state index in [1.54, 1.807) is 6.33 Å². The van der Waals surface area contributed by atoms with Crippen LogP contribution in [-0.2, 0) is 0 Å². The Morgan fingerprint density at radius 3 is 1.06 bits per heavy atom. The molecule has 1 aromatic rings. The standard InChI is InChI=1S/C26H55N3OSi2/c1-20(2)13-31(14-21(3)4,15-22(5)6)29(26-27-19-28-30-26)32(16-23(7)8,17-24(9)10)18-25(11)12/h19-25H,13-18H2,1-12H3. The molecule has 0 aliphatic heterocycles. The molecule has 0 bridgehead atoms. The minimum Gasteiger partial charge on any atom is -0.377 e. The van der Waals surface area contributed by atoms with Crippen LogP contribution < -0.4 is 4.23 Å². The minimum absolute atomic E-state index is 0.674. The second-order valence-corrected chi connectivity index (χ2v) is 21.8. The summed E-state index contributed by atoms with van der Waals surface area (Å²) in [6.07, 6.45) is 1.64. The Bertz CT molecular complexity index is 536. The highest BCUT2D eigenvalue weighted by molar-refractivity contribution is 7.02. The fourth-order valence-electron chi connectivity index (χ4n) is 6.78. The molecule has 0 spiro atoms. The van der Waals surface area contributed by atoms with Crippen molar-refractivity contribution >= 4 is 22.5 Å². The van der Waals surface area contributed by atoms with Crippen LogP contribution in [0.3, 0.4) is 0 Å². The van der Waals surface area contributed by atoms with Crippen molar-refractivity contribution in [3.05, 3.63) is 6.33 Å². The van der Waals surface area contributed by atoms with Gasteiger partial charge in [-0.3, -0.25) is 0 Å². The maximum absolute atomic E-state index is 6.03. The van der Waals surface area contributed by atoms with E-state index in [2.05, 4.69) is 92.5 Å². The van der Waals surface area contributed by atoms with Gasteiger partial charge in [0.15, 0.2) is 22.8 Å². The minimum atomic E-state index is -1.96. The van der Waals surface area contributed by atoms with Gasteiger partial charge < -0.3 is 8.75 Å². The molecule has 1 heterocycles. The molecule has 1 aromatic heterocycles. The molecule has 1 rings (SSSR count). The Morgan fingerprint density at radius 1 is 0.594 bits per heavy atom. The van der Waals surface area contributed by atoms with Crippen LogP contribution in [-0.4, -0.2) is 26.6 Å². The van der Waals surface area contributed by atoms with Gasteiger partial charge in [0.2, 0.25) is 0 Å². The van der Waals surface area contributed by atoms with E-state index in [9.17, 15) is 0 Å². The third-order valence-corrected chi connectivity index (χ3v) is 20.8. The van der Waals surface area contributed by atoms with Crippen LogP contribution in [0.1, 0.15) is 83.1 Å². The zero-order valence-corrected chi connectivity index (χ0v) is 25.5. The van der Waals surface area contributed by atoms with E-state index in [0.29, 0.717) is 35.5 Å². The van der Waals surface area contributed by atoms with Crippen molar-refractivity contribution in [2.45, 2.75) is 119 Å². The first-order valence-corrected chi connectivity index (χ1v) is 18.4. The second-order valence-electron chi connectivity index (χ2n) is 13.1. The van der Waals surface area contributed by atoms with Crippen molar-refractivity contribution in [2.75, 3.05) is 4.23 Å². The lowest BCUT2D eigenvalue weighted by Gasteiger charge is -2.55. The van der Waals surface area contributed by atoms with Gasteiger partial charge in [-0.1, -0.05) is 88.2 Å². The molecule has 0 aliphatic carbocycles. The molecule has 0 aromatic carbocycles. The molecule has 0 radical (unpaired) electrons. The van der Waals surface area contributed by atoms with Gasteiger partial charge in [0.25, 0.3) is 0 Å². The summed E-state index contributed by atoms with van der Waals surface area (Å²) in [5.74, 6) is 4.05. The summed E-state index contributed by atoms with van der Waals surface area (Å²) >= 11 is 0. The normalized spacial score (nSPS) is 13.6. The summed E-state index contributed by atoms with van der Waals surface area (Å²) in [6.45, 7) is 29.1. The number of nitrogens with zero attached hydrogens (tertiary/aromatic N) is 3. The first kappa shape index (κ1) is 29.4. The summed E-state index contributed by atoms with van der Waals surface area (Å²) in [5.41, 5.74) is 0. The van der Waals surface area contributed by atoms with E-state index in [-0.39, 0.29) is 0 Å². The fraction of sp³-hybridized carbons (Fsp3) is 0.923. The van der Waals surface area contributed by atoms with Crippen molar-refractivity contribution < 1.29 is 4.52 Å². The number of aromatic nitrogens is 2. The lowest BCUT2D eigenvalue weighted by atomic mass is 10.2. The fourth-order valence-corrected chi connectivity index (χ4v) is 24.7. The predicted molar refractivity (Wildman–Crippen MR) is 146 cm³/mol. The first-order chi connectivity index (χ1) is 14.7. The zero-order chi connectivity index (χ0) is 24.7. The van der Waals surface area contributed by atoms with Crippen molar-refractivity contribution in [3.63, 3.8) is 0 Å². The Hall–Kier alpha value is -0.626. The average Bonchev–Trinajstić information content (AvgIpc) is 3.03. The van der Waals surface area contributed by atoms with Crippen LogP contribution >= 0.6 is 0 Å². The first-order valence-electron chi connectivity index (χ1n) is 13.3. The van der Waals surface area contributed by atoms with Gasteiger partial charge in [0.1, 0.15) is 0 Å². The highest BCUT2D eigenvalue weighted by Crippen LogP contribution is 2.46. The lowest BCUT2D eigenvalue weighted by molar-refractivity contribution is 0.426. The van der Waals surface area contributed by atoms with Crippen LogP contribution in [0.2, 0.25) is 36.3 Å². The summed E-state index contributed by atoms with van der Waals surface area (Å²) in [6, 6.07) is 8.74. The highest BCUT2D eigenvalue weighted by Gasteiger charge is 2.54. The van der Waals surface area contributed by atoms with Gasteiger partial charge in [0.05, 0.1) is 0 Å². The summed E-state index contributed by atoms with van der Waals surface area (Å²) < 4.78 is 9.01. The van der Waals surface area contributed by atoms with Crippen LogP contribution in [0, 0.1) is 35.5 Å². The van der Waals surface area contributed by atoms with E-state index in [1.807, 2.05) is 0 Å². The molecule has 0 amide bonds. The Labute approximate surface area is 202 Å². The third kappa shape index (κ3) is 8.62. The number of hydrogen-bond donors (Lipinski definition) is 0. The van der Waals surface area contributed by atoms with Crippen molar-refractivity contribution in [2.24, 2.45) is 35.5 Å². The molecule has 0 saturated carbocycles. The molecule has 188 valence electrons. The number of rotatable bonds is 15. The molecule has 0 saturated heterocycles. The summed E-state index contributed by atoms with van der Waals surface area (Å²) in [5, 5.41) is 4.16. The van der Waals surface area contributed by atoms with Crippen molar-refractivity contribution in [1.29, 1.82) is 0 Å². The van der Waals surface area contributed by atoms with Crippen LogP contribution in [0.15, 0.2) is 10.9 Å². The van der Waals surface area contributed by atoms with E-state index < -0.39 is 16.5 Å². The smallest absolute Gasteiger partial charge is 0.307 e. The van der Waals surface area contributed by atoms with Crippen LogP contribution in [0.4, 0.5) is 6.01 Å². The van der Waals surface area contributed by atoms with E-state index in [4.69, 9.17) is 9.51 Å². The van der Waals surface area contributed by atoms with Gasteiger partial charge in [0, 0.05) is 0 Å². The molecule has 0 aliphatic rings. The third-order valence-electron chi connectivity index (χ3n) is 6.22. The van der Waals surface area contributed by atoms with E-state index in [0.717, 1.165) is 6.01 Å². The van der Waals surface area contributed by atoms with Crippen molar-refractivity contribution in [1.82, 2.24) is 10.1 Å². The molecular weight excluding hydrogens is 426 g/mol. The lowest BCUT2D eigenvalue weighted by Crippen LogP contribution is -2.70. The predicted octanol–water partition coefficient (Wildman–Crippen LogP) is 8.70. The molecule has 6 heteroatoms. The molecule has 0 N–H and O–H groups in total. The van der Waals surface area contributed by atoms with Gasteiger partial charge in [-0.25, -0.2) is 0 Å². The molecule has 0 atom stereocenters. The Morgan fingerprint density at radius 2 is 0.875 bits per heavy atom. The van der Waals surface area contributed by atoms with Gasteiger partial charge in [-0.15, -0.1) is 0 Å². The molecule has 0 fully saturated rings. The van der Waals surface area contributed by atoms with E-state index in [1.165, 1.54) is 36.3 Å². The molecule has 32 heavy (non-hydrogen) atoms. The van der Waals surface area contributed by atoms with E-state index >= 15 is 0 Å². The highest BCUT2D eigenvalue weighted by atomic mass is 28.4. The van der Waals surface area contributed by atoms with Crippen LogP contribution in [0.25, 0.3) is 0 Å². The molecular formula is C26H55N3OSi2. The van der Waals surface area contributed by atoms with Gasteiger partial charge in [-0.05, 0) is 71.8 Å². The Balaban J connectivity index is 3.96. The number of anilines is 1. The SMILES string of the molecule is CC(C)C[Si](CC(C)C)(CC(C)C)N(c1ncno1)[Si](CC(C)C)(CC(C)C)CC(C)C. The monoisotopic (exact) mass is 481 g/mol. The van der Waals surface area contributed by atoms with Crippen LogP contribution in [0.5, 0.6) is 0 Å². The average molecular weight is 482 g/mol.